The van der Waals surface area contributed by atoms with Crippen LogP contribution in [0.25, 0.3) is 0 Å². The molecule has 1 aromatic carbocycles. The van der Waals surface area contributed by atoms with E-state index in [4.69, 9.17) is 5.11 Å². The summed E-state index contributed by atoms with van der Waals surface area (Å²) in [7, 11) is -2.54. The first-order valence-electron chi connectivity index (χ1n) is 6.23. The number of nitrogens with zero attached hydrogens (tertiary/aromatic N) is 1. The maximum atomic E-state index is 12.3. The van der Waals surface area contributed by atoms with Crippen LogP contribution in [0.2, 0.25) is 0 Å². The zero-order valence-corrected chi connectivity index (χ0v) is 12.6. The smallest absolute Gasteiger partial charge is 0.337 e. The van der Waals surface area contributed by atoms with Crippen molar-refractivity contribution in [2.75, 3.05) is 20.2 Å². The van der Waals surface area contributed by atoms with Crippen molar-refractivity contribution < 1.29 is 27.9 Å². The number of sulfonamides is 1. The van der Waals surface area contributed by atoms with Crippen LogP contribution in [0.5, 0.6) is 0 Å². The second-order valence-electron chi connectivity index (χ2n) is 4.16. The lowest BCUT2D eigenvalue weighted by Gasteiger charge is -2.19. The lowest BCUT2D eigenvalue weighted by atomic mass is 10.2. The molecule has 0 radical (unpaired) electrons. The van der Waals surface area contributed by atoms with Gasteiger partial charge < -0.3 is 9.84 Å². The van der Waals surface area contributed by atoms with Crippen LogP contribution in [0, 0.1) is 0 Å². The van der Waals surface area contributed by atoms with E-state index < -0.39 is 22.0 Å². The van der Waals surface area contributed by atoms with Gasteiger partial charge in [0.25, 0.3) is 0 Å². The predicted molar refractivity (Wildman–Crippen MR) is 74.5 cm³/mol. The third-order valence-electron chi connectivity index (χ3n) is 2.84. The first kappa shape index (κ1) is 17.1. The lowest BCUT2D eigenvalue weighted by molar-refractivity contribution is -0.137. The minimum atomic E-state index is -3.78. The Bertz CT molecular complexity index is 608. The molecule has 0 aliphatic heterocycles. The number of methoxy groups -OCH3 is 1. The fraction of sp³-hybridized carbons (Fsp3) is 0.385. The van der Waals surface area contributed by atoms with Crippen molar-refractivity contribution in [2.24, 2.45) is 0 Å². The second-order valence-corrected chi connectivity index (χ2v) is 6.09. The van der Waals surface area contributed by atoms with Gasteiger partial charge in [0.15, 0.2) is 0 Å². The first-order valence-corrected chi connectivity index (χ1v) is 7.67. The van der Waals surface area contributed by atoms with Gasteiger partial charge in [0.05, 0.1) is 24.0 Å². The van der Waals surface area contributed by atoms with Crippen molar-refractivity contribution in [3.8, 4) is 0 Å². The van der Waals surface area contributed by atoms with E-state index in [1.165, 1.54) is 31.4 Å². The molecule has 8 heteroatoms. The summed E-state index contributed by atoms with van der Waals surface area (Å²) in [5, 5.41) is 8.65. The van der Waals surface area contributed by atoms with Gasteiger partial charge in [0, 0.05) is 13.1 Å². The summed E-state index contributed by atoms with van der Waals surface area (Å²) in [6.45, 7) is 1.68. The van der Waals surface area contributed by atoms with Gasteiger partial charge in [0.1, 0.15) is 0 Å². The van der Waals surface area contributed by atoms with Crippen molar-refractivity contribution in [1.82, 2.24) is 4.31 Å². The van der Waals surface area contributed by atoms with Crippen LogP contribution >= 0.6 is 0 Å². The molecule has 0 saturated heterocycles. The Morgan fingerprint density at radius 1 is 1.24 bits per heavy atom. The summed E-state index contributed by atoms with van der Waals surface area (Å²) in [6, 6.07) is 5.30. The van der Waals surface area contributed by atoms with Crippen molar-refractivity contribution in [3.63, 3.8) is 0 Å². The van der Waals surface area contributed by atoms with E-state index in [1.54, 1.807) is 6.92 Å². The maximum absolute atomic E-state index is 12.3. The molecule has 0 amide bonds. The Balaban J connectivity index is 3.00. The summed E-state index contributed by atoms with van der Waals surface area (Å²) in [5.41, 5.74) is 0.241. The molecule has 1 rings (SSSR count). The Labute approximate surface area is 123 Å². The van der Waals surface area contributed by atoms with E-state index in [0.29, 0.717) is 0 Å². The zero-order chi connectivity index (χ0) is 16.0. The fourth-order valence-electron chi connectivity index (χ4n) is 1.70. The van der Waals surface area contributed by atoms with Gasteiger partial charge in [-0.05, 0) is 24.3 Å². The SMILES string of the molecule is CCN(CCC(=O)O)S(=O)(=O)c1ccc(C(=O)OC)cc1. The molecule has 116 valence electrons. The molecule has 21 heavy (non-hydrogen) atoms. The second kappa shape index (κ2) is 7.19. The minimum Gasteiger partial charge on any atom is -0.481 e. The van der Waals surface area contributed by atoms with Crippen LogP contribution in [0.4, 0.5) is 0 Å². The first-order chi connectivity index (χ1) is 9.82. The standard InChI is InChI=1S/C13H17NO6S/c1-3-14(9-8-12(15)16)21(18,19)11-6-4-10(5-7-11)13(17)20-2/h4-7H,3,8-9H2,1-2H3,(H,15,16). The largest absolute Gasteiger partial charge is 0.481 e. The molecule has 0 aliphatic rings. The highest BCUT2D eigenvalue weighted by Gasteiger charge is 2.23. The van der Waals surface area contributed by atoms with Gasteiger partial charge >= 0.3 is 11.9 Å². The zero-order valence-electron chi connectivity index (χ0n) is 11.8. The number of rotatable bonds is 7. The van der Waals surface area contributed by atoms with Crippen LogP contribution in [-0.4, -0.2) is 50.0 Å². The fourth-order valence-corrected chi connectivity index (χ4v) is 3.15. The summed E-state index contributed by atoms with van der Waals surface area (Å²) < 4.78 is 30.3. The highest BCUT2D eigenvalue weighted by molar-refractivity contribution is 7.89. The van der Waals surface area contributed by atoms with E-state index >= 15 is 0 Å². The van der Waals surface area contributed by atoms with Crippen molar-refractivity contribution in [1.29, 1.82) is 0 Å². The number of carboxylic acid groups (broad SMARTS) is 1. The quantitative estimate of drug-likeness (QED) is 0.752. The van der Waals surface area contributed by atoms with Crippen LogP contribution < -0.4 is 0 Å². The summed E-state index contributed by atoms with van der Waals surface area (Å²) >= 11 is 0. The number of ether oxygens (including phenoxy) is 1. The maximum Gasteiger partial charge on any atom is 0.337 e. The van der Waals surface area contributed by atoms with Crippen LogP contribution in [0.15, 0.2) is 29.2 Å². The topological polar surface area (TPSA) is 101 Å². The third-order valence-corrected chi connectivity index (χ3v) is 4.83. The summed E-state index contributed by atoms with van der Waals surface area (Å²) in [4.78, 5) is 21.9. The summed E-state index contributed by atoms with van der Waals surface area (Å²) in [6.07, 6.45) is -0.271. The molecular formula is C13H17NO6S. The molecule has 0 spiro atoms. The number of hydrogen-bond donors (Lipinski definition) is 1. The van der Waals surface area contributed by atoms with E-state index in [1.807, 2.05) is 0 Å². The van der Waals surface area contributed by atoms with E-state index in [0.717, 1.165) is 4.31 Å². The molecule has 0 heterocycles. The number of carbonyl (C=O) groups excluding carboxylic acids is 1. The van der Waals surface area contributed by atoms with E-state index in [9.17, 15) is 18.0 Å². The van der Waals surface area contributed by atoms with Gasteiger partial charge in [-0.15, -0.1) is 0 Å². The van der Waals surface area contributed by atoms with Crippen molar-refractivity contribution in [2.45, 2.75) is 18.2 Å². The molecule has 1 N–H and O–H groups in total. The molecule has 0 aliphatic carbocycles. The predicted octanol–water partition coefficient (Wildman–Crippen LogP) is 0.958. The Kier molecular flexibility index (Phi) is 5.86. The number of aliphatic carboxylic acids is 1. The monoisotopic (exact) mass is 315 g/mol. The summed E-state index contributed by atoms with van der Waals surface area (Å²) in [5.74, 6) is -1.62. The molecule has 0 aromatic heterocycles. The lowest BCUT2D eigenvalue weighted by Crippen LogP contribution is -2.32. The van der Waals surface area contributed by atoms with Gasteiger partial charge in [-0.3, -0.25) is 4.79 Å². The van der Waals surface area contributed by atoms with Gasteiger partial charge in [-0.1, -0.05) is 6.92 Å². The molecule has 0 atom stereocenters. The van der Waals surface area contributed by atoms with Crippen LogP contribution in [-0.2, 0) is 19.6 Å². The Hall–Kier alpha value is -1.93. The van der Waals surface area contributed by atoms with E-state index in [2.05, 4.69) is 4.74 Å². The van der Waals surface area contributed by atoms with Gasteiger partial charge in [-0.2, -0.15) is 4.31 Å². The molecule has 0 unspecified atom stereocenters. The highest BCUT2D eigenvalue weighted by Crippen LogP contribution is 2.17. The molecule has 0 saturated carbocycles. The third kappa shape index (κ3) is 4.27. The molecule has 0 fully saturated rings. The molecule has 0 bridgehead atoms. The molecule has 7 nitrogen and oxygen atoms in total. The Morgan fingerprint density at radius 2 is 1.81 bits per heavy atom. The Morgan fingerprint density at radius 3 is 2.24 bits per heavy atom. The van der Waals surface area contributed by atoms with Gasteiger partial charge in [0.2, 0.25) is 10.0 Å². The molecule has 1 aromatic rings. The number of hydrogen-bond acceptors (Lipinski definition) is 5. The minimum absolute atomic E-state index is 0.00221. The van der Waals surface area contributed by atoms with Crippen LogP contribution in [0.3, 0.4) is 0 Å². The number of carbonyl (C=O) groups is 2. The number of carboxylic acids is 1. The van der Waals surface area contributed by atoms with Gasteiger partial charge in [-0.25, -0.2) is 13.2 Å². The normalized spacial score (nSPS) is 11.4. The number of esters is 1. The van der Waals surface area contributed by atoms with Crippen LogP contribution in [0.1, 0.15) is 23.7 Å². The number of benzene rings is 1. The molecular weight excluding hydrogens is 298 g/mol. The van der Waals surface area contributed by atoms with Crippen molar-refractivity contribution >= 4 is 22.0 Å². The highest BCUT2D eigenvalue weighted by atomic mass is 32.2. The average molecular weight is 315 g/mol. The van der Waals surface area contributed by atoms with E-state index in [-0.39, 0.29) is 30.0 Å². The average Bonchev–Trinajstić information content (AvgIpc) is 2.46. The van der Waals surface area contributed by atoms with Crippen molar-refractivity contribution in [3.05, 3.63) is 29.8 Å².